The van der Waals surface area contributed by atoms with E-state index in [9.17, 15) is 13.2 Å². The minimum atomic E-state index is -3.19. The highest BCUT2D eigenvalue weighted by molar-refractivity contribution is 7.99. The number of carbonyl (C=O) groups is 1. The minimum Gasteiger partial charge on any atom is -0.480 e. The van der Waals surface area contributed by atoms with Crippen molar-refractivity contribution in [2.75, 3.05) is 18.6 Å². The lowest BCUT2D eigenvalue weighted by Gasteiger charge is -2.12. The lowest BCUT2D eigenvalue weighted by atomic mass is 10.3. The van der Waals surface area contributed by atoms with E-state index in [1.807, 2.05) is 6.92 Å². The maximum atomic E-state index is 11.3. The van der Waals surface area contributed by atoms with Crippen molar-refractivity contribution in [1.82, 2.24) is 5.32 Å². The van der Waals surface area contributed by atoms with Crippen LogP contribution in [-0.2, 0) is 14.6 Å². The number of hydrogen-bond acceptors (Lipinski definition) is 5. The number of likely N-dealkylation sites (N-methyl/N-ethyl adjacent to an activating group) is 1. The summed E-state index contributed by atoms with van der Waals surface area (Å²) in [7, 11) is -3.19. The average molecular weight is 303 g/mol. The van der Waals surface area contributed by atoms with Gasteiger partial charge < -0.3 is 10.4 Å². The second-order valence-corrected chi connectivity index (χ2v) is 7.11. The zero-order chi connectivity index (χ0) is 14.5. The van der Waals surface area contributed by atoms with Crippen molar-refractivity contribution in [3.05, 3.63) is 24.3 Å². The Morgan fingerprint density at radius 2 is 1.95 bits per heavy atom. The lowest BCUT2D eigenvalue weighted by Crippen LogP contribution is -2.38. The summed E-state index contributed by atoms with van der Waals surface area (Å²) in [6.45, 7) is 2.44. The Morgan fingerprint density at radius 3 is 2.37 bits per heavy atom. The second kappa shape index (κ2) is 6.93. The first-order chi connectivity index (χ1) is 8.84. The monoisotopic (exact) mass is 303 g/mol. The minimum absolute atomic E-state index is 0.262. The molecular formula is C12H17NO4S2. The van der Waals surface area contributed by atoms with E-state index in [4.69, 9.17) is 5.11 Å². The van der Waals surface area contributed by atoms with Crippen molar-refractivity contribution >= 4 is 27.6 Å². The molecule has 0 amide bonds. The SMILES string of the molecule is CCNC(CSc1ccc(S(C)(=O)=O)cc1)C(=O)O. The van der Waals surface area contributed by atoms with Gasteiger partial charge in [-0.2, -0.15) is 0 Å². The molecule has 19 heavy (non-hydrogen) atoms. The van der Waals surface area contributed by atoms with Crippen LogP contribution in [0.5, 0.6) is 0 Å². The number of aliphatic carboxylic acids is 1. The molecule has 1 aromatic rings. The molecule has 0 heterocycles. The third kappa shape index (κ3) is 5.22. The Balaban J connectivity index is 2.66. The van der Waals surface area contributed by atoms with Gasteiger partial charge in [-0.15, -0.1) is 11.8 Å². The van der Waals surface area contributed by atoms with Gasteiger partial charge in [0.15, 0.2) is 9.84 Å². The van der Waals surface area contributed by atoms with Crippen LogP contribution in [0.1, 0.15) is 6.92 Å². The molecule has 1 atom stereocenters. The predicted molar refractivity (Wildman–Crippen MR) is 75.4 cm³/mol. The molecule has 0 radical (unpaired) electrons. The van der Waals surface area contributed by atoms with E-state index in [-0.39, 0.29) is 4.90 Å². The highest BCUT2D eigenvalue weighted by Gasteiger charge is 2.16. The lowest BCUT2D eigenvalue weighted by molar-refractivity contribution is -0.138. The van der Waals surface area contributed by atoms with Crippen LogP contribution in [0.25, 0.3) is 0 Å². The highest BCUT2D eigenvalue weighted by Crippen LogP contribution is 2.21. The normalized spacial score (nSPS) is 13.2. The fourth-order valence-corrected chi connectivity index (χ4v) is 3.01. The molecule has 106 valence electrons. The van der Waals surface area contributed by atoms with Gasteiger partial charge in [-0.3, -0.25) is 4.79 Å². The largest absolute Gasteiger partial charge is 0.480 e. The van der Waals surface area contributed by atoms with Crippen LogP contribution in [0.15, 0.2) is 34.1 Å². The smallest absolute Gasteiger partial charge is 0.321 e. The topological polar surface area (TPSA) is 83.5 Å². The van der Waals surface area contributed by atoms with Gasteiger partial charge in [0.1, 0.15) is 6.04 Å². The number of rotatable bonds is 7. The van der Waals surface area contributed by atoms with Crippen molar-refractivity contribution in [3.63, 3.8) is 0 Å². The van der Waals surface area contributed by atoms with Crippen LogP contribution in [0.4, 0.5) is 0 Å². The van der Waals surface area contributed by atoms with E-state index in [0.717, 1.165) is 11.2 Å². The van der Waals surface area contributed by atoms with E-state index in [0.29, 0.717) is 12.3 Å². The first-order valence-electron chi connectivity index (χ1n) is 5.73. The molecule has 0 aliphatic carbocycles. The van der Waals surface area contributed by atoms with Gasteiger partial charge in [-0.25, -0.2) is 8.42 Å². The number of hydrogen-bond donors (Lipinski definition) is 2. The number of nitrogens with one attached hydrogen (secondary N) is 1. The van der Waals surface area contributed by atoms with Crippen LogP contribution in [0.3, 0.4) is 0 Å². The molecule has 2 N–H and O–H groups in total. The van der Waals surface area contributed by atoms with Crippen LogP contribution >= 0.6 is 11.8 Å². The summed E-state index contributed by atoms with van der Waals surface area (Å²) in [5.41, 5.74) is 0. The van der Waals surface area contributed by atoms with Crippen molar-refractivity contribution in [2.45, 2.75) is 22.8 Å². The summed E-state index contributed by atoms with van der Waals surface area (Å²) in [4.78, 5) is 12.0. The molecule has 0 aliphatic heterocycles. The molecule has 0 fully saturated rings. The van der Waals surface area contributed by atoms with E-state index in [2.05, 4.69) is 5.32 Å². The number of thioether (sulfide) groups is 1. The summed E-state index contributed by atoms with van der Waals surface area (Å²) in [5.74, 6) is -0.497. The third-order valence-corrected chi connectivity index (χ3v) is 4.65. The number of benzene rings is 1. The molecular weight excluding hydrogens is 286 g/mol. The molecule has 7 heteroatoms. The van der Waals surface area contributed by atoms with Gasteiger partial charge in [-0.05, 0) is 30.8 Å². The van der Waals surface area contributed by atoms with E-state index in [1.165, 1.54) is 23.9 Å². The molecule has 0 bridgehead atoms. The maximum Gasteiger partial charge on any atom is 0.321 e. The number of carboxylic acid groups (broad SMARTS) is 1. The van der Waals surface area contributed by atoms with Crippen molar-refractivity contribution in [2.24, 2.45) is 0 Å². The van der Waals surface area contributed by atoms with Gasteiger partial charge in [0.2, 0.25) is 0 Å². The summed E-state index contributed by atoms with van der Waals surface area (Å²) < 4.78 is 22.6. The average Bonchev–Trinajstić information content (AvgIpc) is 2.33. The zero-order valence-electron chi connectivity index (χ0n) is 10.8. The van der Waals surface area contributed by atoms with Crippen LogP contribution in [-0.4, -0.2) is 44.1 Å². The van der Waals surface area contributed by atoms with Gasteiger partial charge in [0, 0.05) is 16.9 Å². The van der Waals surface area contributed by atoms with E-state index < -0.39 is 21.8 Å². The molecule has 0 saturated carbocycles. The molecule has 0 saturated heterocycles. The first-order valence-corrected chi connectivity index (χ1v) is 8.61. The van der Waals surface area contributed by atoms with E-state index in [1.54, 1.807) is 12.1 Å². The Kier molecular flexibility index (Phi) is 5.84. The van der Waals surface area contributed by atoms with Crippen LogP contribution in [0.2, 0.25) is 0 Å². The van der Waals surface area contributed by atoms with Crippen LogP contribution < -0.4 is 5.32 Å². The molecule has 0 aromatic heterocycles. The Labute approximate surface area is 117 Å². The maximum absolute atomic E-state index is 11.3. The summed E-state index contributed by atoms with van der Waals surface area (Å²) in [6.07, 6.45) is 1.15. The molecule has 5 nitrogen and oxygen atoms in total. The van der Waals surface area contributed by atoms with Crippen molar-refractivity contribution < 1.29 is 18.3 Å². The molecule has 1 aromatic carbocycles. The molecule has 0 aliphatic rings. The van der Waals surface area contributed by atoms with Gasteiger partial charge in [0.05, 0.1) is 4.90 Å². The fraction of sp³-hybridized carbons (Fsp3) is 0.417. The van der Waals surface area contributed by atoms with Gasteiger partial charge in [-0.1, -0.05) is 6.92 Å². The number of sulfone groups is 1. The number of carboxylic acids is 1. The highest BCUT2D eigenvalue weighted by atomic mass is 32.2. The third-order valence-electron chi connectivity index (χ3n) is 2.42. The van der Waals surface area contributed by atoms with Crippen LogP contribution in [0, 0.1) is 0 Å². The standard InChI is InChI=1S/C12H17NO4S2/c1-3-13-11(12(14)15)8-18-9-4-6-10(7-5-9)19(2,16)17/h4-7,11,13H,3,8H2,1-2H3,(H,14,15). The molecule has 1 rings (SSSR count). The van der Waals surface area contributed by atoms with Gasteiger partial charge in [0.25, 0.3) is 0 Å². The Bertz CT molecular complexity index is 525. The zero-order valence-corrected chi connectivity index (χ0v) is 12.4. The second-order valence-electron chi connectivity index (χ2n) is 4.00. The molecule has 0 spiro atoms. The molecule has 1 unspecified atom stereocenters. The summed E-state index contributed by atoms with van der Waals surface area (Å²) >= 11 is 1.38. The Morgan fingerprint density at radius 1 is 1.37 bits per heavy atom. The van der Waals surface area contributed by atoms with E-state index >= 15 is 0 Å². The summed E-state index contributed by atoms with van der Waals surface area (Å²) in [5, 5.41) is 11.8. The van der Waals surface area contributed by atoms with Crippen molar-refractivity contribution in [1.29, 1.82) is 0 Å². The summed E-state index contributed by atoms with van der Waals surface area (Å²) in [6, 6.07) is 5.82. The Hall–Kier alpha value is -1.05. The quantitative estimate of drug-likeness (QED) is 0.738. The van der Waals surface area contributed by atoms with Gasteiger partial charge >= 0.3 is 5.97 Å². The first kappa shape index (κ1) is 16.0. The predicted octanol–water partition coefficient (Wildman–Crippen LogP) is 1.24. The fourth-order valence-electron chi connectivity index (χ4n) is 1.43. The van der Waals surface area contributed by atoms with Crippen molar-refractivity contribution in [3.8, 4) is 0 Å².